The molecule has 2 amide bonds. The quantitative estimate of drug-likeness (QED) is 0.816. The lowest BCUT2D eigenvalue weighted by atomic mass is 10.2. The number of halogens is 1. The van der Waals surface area contributed by atoms with Crippen LogP contribution in [0.25, 0.3) is 0 Å². The first-order valence-corrected chi connectivity index (χ1v) is 11.2. The van der Waals surface area contributed by atoms with Crippen molar-refractivity contribution < 1.29 is 18.7 Å². The third-order valence-corrected chi connectivity index (χ3v) is 7.33. The number of anilines is 2. The number of cyclic esters (lactones) is 1. The molecule has 3 atom stereocenters. The summed E-state index contributed by atoms with van der Waals surface area (Å²) < 4.78 is 20.3. The summed E-state index contributed by atoms with van der Waals surface area (Å²) in [6.45, 7) is 0.612. The molecule has 0 spiro atoms. The zero-order chi connectivity index (χ0) is 19.3. The van der Waals surface area contributed by atoms with Crippen molar-refractivity contribution in [2.45, 2.75) is 43.9 Å². The Morgan fingerprint density at radius 1 is 1.21 bits per heavy atom. The van der Waals surface area contributed by atoms with Crippen molar-refractivity contribution in [3.63, 3.8) is 0 Å². The van der Waals surface area contributed by atoms with E-state index in [1.54, 1.807) is 12.1 Å². The number of benzene rings is 1. The zero-order valence-electron chi connectivity index (χ0n) is 15.6. The Morgan fingerprint density at radius 3 is 2.64 bits per heavy atom. The molecule has 150 valence electrons. The van der Waals surface area contributed by atoms with Crippen LogP contribution in [0, 0.1) is 11.7 Å². The molecule has 0 aromatic heterocycles. The van der Waals surface area contributed by atoms with Gasteiger partial charge >= 0.3 is 6.09 Å². The van der Waals surface area contributed by atoms with E-state index in [9.17, 15) is 14.0 Å². The average molecular weight is 405 g/mol. The minimum atomic E-state index is -0.493. The largest absolute Gasteiger partial charge is 0.442 e. The number of fused-ring (bicyclic) bond motifs is 2. The van der Waals surface area contributed by atoms with Crippen LogP contribution in [-0.2, 0) is 9.53 Å². The Labute approximate surface area is 167 Å². The summed E-state index contributed by atoms with van der Waals surface area (Å²) in [5.41, 5.74) is 1.14. The molecule has 3 heterocycles. The van der Waals surface area contributed by atoms with Gasteiger partial charge in [-0.1, -0.05) is 0 Å². The zero-order valence-corrected chi connectivity index (χ0v) is 16.4. The topological polar surface area (TPSA) is 61.9 Å². The minimum Gasteiger partial charge on any atom is -0.442 e. The fourth-order valence-corrected chi connectivity index (χ4v) is 5.77. The van der Waals surface area contributed by atoms with Crippen LogP contribution in [0.1, 0.15) is 25.7 Å². The van der Waals surface area contributed by atoms with Gasteiger partial charge in [0.15, 0.2) is 0 Å². The highest BCUT2D eigenvalue weighted by atomic mass is 32.2. The van der Waals surface area contributed by atoms with E-state index in [1.165, 1.54) is 11.0 Å². The maximum atomic E-state index is 15.0. The van der Waals surface area contributed by atoms with Gasteiger partial charge in [0.25, 0.3) is 0 Å². The number of carbonyl (C=O) groups excluding carboxylic acids is 2. The van der Waals surface area contributed by atoms with Gasteiger partial charge in [0, 0.05) is 29.5 Å². The first-order chi connectivity index (χ1) is 13.6. The summed E-state index contributed by atoms with van der Waals surface area (Å²) in [6, 6.07) is 5.83. The van der Waals surface area contributed by atoms with Gasteiger partial charge < -0.3 is 15.0 Å². The van der Waals surface area contributed by atoms with Crippen molar-refractivity contribution in [1.82, 2.24) is 5.32 Å². The molecule has 1 aliphatic carbocycles. The van der Waals surface area contributed by atoms with E-state index in [4.69, 9.17) is 4.74 Å². The lowest BCUT2D eigenvalue weighted by Crippen LogP contribution is -2.43. The lowest BCUT2D eigenvalue weighted by molar-refractivity contribution is -0.122. The molecule has 4 aliphatic rings. The number of hydrogen-bond donors (Lipinski definition) is 1. The Kier molecular flexibility index (Phi) is 4.61. The van der Waals surface area contributed by atoms with Gasteiger partial charge in [-0.2, -0.15) is 11.8 Å². The SMILES string of the molecule is O=C(NC[C@H]1CN(c2ccc(N3C4CCC3CSC4)c(F)c2)C(=O)O1)C1CC1. The molecule has 3 saturated heterocycles. The molecule has 5 rings (SSSR count). The van der Waals surface area contributed by atoms with Gasteiger partial charge in [-0.3, -0.25) is 9.69 Å². The lowest BCUT2D eigenvalue weighted by Gasteiger charge is -2.36. The van der Waals surface area contributed by atoms with Gasteiger partial charge in [0.2, 0.25) is 5.91 Å². The van der Waals surface area contributed by atoms with E-state index in [0.29, 0.717) is 36.5 Å². The second kappa shape index (κ2) is 7.13. The number of carbonyl (C=O) groups is 2. The number of nitrogens with one attached hydrogen (secondary N) is 1. The van der Waals surface area contributed by atoms with Crippen molar-refractivity contribution in [1.29, 1.82) is 0 Å². The maximum absolute atomic E-state index is 15.0. The van der Waals surface area contributed by atoms with Crippen molar-refractivity contribution in [2.24, 2.45) is 5.92 Å². The molecule has 1 aromatic carbocycles. The molecule has 8 heteroatoms. The van der Waals surface area contributed by atoms with Crippen molar-refractivity contribution in [2.75, 3.05) is 34.4 Å². The second-order valence-electron chi connectivity index (χ2n) is 8.10. The monoisotopic (exact) mass is 405 g/mol. The van der Waals surface area contributed by atoms with Crippen LogP contribution >= 0.6 is 11.8 Å². The first kappa shape index (κ1) is 18.1. The average Bonchev–Trinajstić information content (AvgIpc) is 3.43. The van der Waals surface area contributed by atoms with Gasteiger partial charge in [0.1, 0.15) is 11.9 Å². The summed E-state index contributed by atoms with van der Waals surface area (Å²) in [7, 11) is 0. The van der Waals surface area contributed by atoms with Gasteiger partial charge in [0.05, 0.1) is 24.5 Å². The summed E-state index contributed by atoms with van der Waals surface area (Å²) in [6.07, 6.45) is 3.20. The Balaban J connectivity index is 1.26. The van der Waals surface area contributed by atoms with E-state index in [1.807, 2.05) is 11.8 Å². The van der Waals surface area contributed by atoms with E-state index in [2.05, 4.69) is 10.2 Å². The fraction of sp³-hybridized carbons (Fsp3) is 0.600. The predicted molar refractivity (Wildman–Crippen MR) is 106 cm³/mol. The Morgan fingerprint density at radius 2 is 1.96 bits per heavy atom. The third-order valence-electron chi connectivity index (χ3n) is 6.09. The van der Waals surface area contributed by atoms with Crippen LogP contribution in [-0.4, -0.2) is 54.8 Å². The van der Waals surface area contributed by atoms with Crippen molar-refractivity contribution in [3.8, 4) is 0 Å². The van der Waals surface area contributed by atoms with Crippen molar-refractivity contribution in [3.05, 3.63) is 24.0 Å². The molecular formula is C20H24FN3O3S. The Hall–Kier alpha value is -1.96. The molecule has 0 radical (unpaired) electrons. The van der Waals surface area contributed by atoms with E-state index in [-0.39, 0.29) is 17.6 Å². The summed E-state index contributed by atoms with van der Waals surface area (Å²) in [5.74, 6) is 1.95. The predicted octanol–water partition coefficient (Wildman–Crippen LogP) is 2.76. The number of rotatable bonds is 5. The number of nitrogens with zero attached hydrogens (tertiary/aromatic N) is 2. The summed E-state index contributed by atoms with van der Waals surface area (Å²) >= 11 is 1.95. The molecule has 1 N–H and O–H groups in total. The molecule has 2 unspecified atom stereocenters. The minimum absolute atomic E-state index is 0.0271. The van der Waals surface area contributed by atoms with Crippen LogP contribution in [0.15, 0.2) is 18.2 Å². The molecule has 2 bridgehead atoms. The smallest absolute Gasteiger partial charge is 0.414 e. The maximum Gasteiger partial charge on any atom is 0.414 e. The van der Waals surface area contributed by atoms with E-state index >= 15 is 0 Å². The number of ether oxygens (including phenoxy) is 1. The normalized spacial score (nSPS) is 29.2. The molecule has 3 aliphatic heterocycles. The van der Waals surface area contributed by atoms with Crippen molar-refractivity contribution >= 4 is 35.1 Å². The van der Waals surface area contributed by atoms with Crippen LogP contribution in [0.3, 0.4) is 0 Å². The summed E-state index contributed by atoms with van der Waals surface area (Å²) in [5, 5.41) is 2.83. The molecular weight excluding hydrogens is 381 g/mol. The Bertz CT molecular complexity index is 787. The van der Waals surface area contributed by atoms with Gasteiger partial charge in [-0.15, -0.1) is 0 Å². The van der Waals surface area contributed by atoms with Crippen LogP contribution in [0.5, 0.6) is 0 Å². The van der Waals surface area contributed by atoms with E-state index in [0.717, 1.165) is 37.2 Å². The van der Waals surface area contributed by atoms with Gasteiger partial charge in [-0.05, 0) is 43.9 Å². The summed E-state index contributed by atoms with van der Waals surface area (Å²) in [4.78, 5) is 27.7. The van der Waals surface area contributed by atoms with E-state index < -0.39 is 12.2 Å². The molecule has 28 heavy (non-hydrogen) atoms. The highest BCUT2D eigenvalue weighted by Gasteiger charge is 2.39. The first-order valence-electron chi connectivity index (χ1n) is 10.0. The second-order valence-corrected chi connectivity index (χ2v) is 9.18. The van der Waals surface area contributed by atoms with Crippen LogP contribution in [0.2, 0.25) is 0 Å². The number of thioether (sulfide) groups is 1. The van der Waals surface area contributed by atoms with Gasteiger partial charge in [-0.25, -0.2) is 9.18 Å². The highest BCUT2D eigenvalue weighted by molar-refractivity contribution is 7.99. The van der Waals surface area contributed by atoms with Crippen LogP contribution in [0.4, 0.5) is 20.6 Å². The molecule has 1 aromatic rings. The molecule has 4 fully saturated rings. The molecule has 1 saturated carbocycles. The fourth-order valence-electron chi connectivity index (χ4n) is 4.44. The number of amides is 2. The molecule has 6 nitrogen and oxygen atoms in total. The number of hydrogen-bond acceptors (Lipinski definition) is 5. The highest BCUT2D eigenvalue weighted by Crippen LogP contribution is 2.40. The standard InChI is InChI=1S/C20H24FN3O3S/c21-17-7-13(5-6-18(17)24-14-3-4-15(24)11-28-10-14)23-9-16(27-20(23)26)8-22-19(25)12-1-2-12/h5-7,12,14-16H,1-4,8-11H2,(H,22,25)/t14?,15?,16-/m0/s1. The third kappa shape index (κ3) is 3.32. The van der Waals surface area contributed by atoms with Crippen LogP contribution < -0.4 is 15.1 Å².